The summed E-state index contributed by atoms with van der Waals surface area (Å²) in [5, 5.41) is 10.1. The number of hydrogen-bond acceptors (Lipinski definition) is 3. The quantitative estimate of drug-likeness (QED) is 0.741. The van der Waals surface area contributed by atoms with Crippen molar-refractivity contribution in [1.29, 1.82) is 0 Å². The normalized spacial score (nSPS) is 14.3. The molecule has 0 fully saturated rings. The monoisotopic (exact) mass is 278 g/mol. The molecule has 3 aromatic rings. The third-order valence-corrected chi connectivity index (χ3v) is 3.55. The van der Waals surface area contributed by atoms with Crippen molar-refractivity contribution in [2.24, 2.45) is 4.99 Å². The molecule has 0 saturated heterocycles. The number of carboxylic acids is 1. The van der Waals surface area contributed by atoms with Crippen LogP contribution < -0.4 is 0 Å². The topological polar surface area (TPSA) is 67.7 Å². The van der Waals surface area contributed by atoms with E-state index in [2.05, 4.69) is 4.99 Å². The van der Waals surface area contributed by atoms with Crippen LogP contribution in [0.3, 0.4) is 0 Å². The summed E-state index contributed by atoms with van der Waals surface area (Å²) in [7, 11) is 0. The van der Waals surface area contributed by atoms with E-state index in [-0.39, 0.29) is 5.56 Å². The van der Waals surface area contributed by atoms with Crippen molar-refractivity contribution < 1.29 is 14.3 Å². The molecule has 5 heteroatoms. The van der Waals surface area contributed by atoms with E-state index in [1.807, 2.05) is 29.0 Å². The molecule has 1 N–H and O–H groups in total. The number of hydrogen-bond donors (Lipinski definition) is 1. The van der Waals surface area contributed by atoms with Crippen LogP contribution in [0.15, 0.2) is 52.2 Å². The van der Waals surface area contributed by atoms with Crippen LogP contribution in [0.1, 0.15) is 16.1 Å². The SMILES string of the molecule is O=C(O)c1ccc2cc3n(c2c1)/C=C\N=Cc1occc1-3. The van der Waals surface area contributed by atoms with Crippen molar-refractivity contribution in [1.82, 2.24) is 4.57 Å². The largest absolute Gasteiger partial charge is 0.478 e. The Morgan fingerprint density at radius 2 is 2.14 bits per heavy atom. The maximum Gasteiger partial charge on any atom is 0.335 e. The second-order valence-corrected chi connectivity index (χ2v) is 4.75. The summed E-state index contributed by atoms with van der Waals surface area (Å²) < 4.78 is 7.34. The molecule has 0 amide bonds. The van der Waals surface area contributed by atoms with E-state index in [1.165, 1.54) is 0 Å². The van der Waals surface area contributed by atoms with Gasteiger partial charge in [0.2, 0.25) is 0 Å². The Bertz CT molecular complexity index is 928. The van der Waals surface area contributed by atoms with E-state index in [1.54, 1.807) is 30.8 Å². The Labute approximate surface area is 119 Å². The molecule has 0 unspecified atom stereocenters. The first-order valence-corrected chi connectivity index (χ1v) is 6.40. The fourth-order valence-electron chi connectivity index (χ4n) is 2.57. The van der Waals surface area contributed by atoms with Crippen LogP contribution in [0.25, 0.3) is 28.4 Å². The molecule has 0 atom stereocenters. The molecule has 4 rings (SSSR count). The Kier molecular flexibility index (Phi) is 2.35. The van der Waals surface area contributed by atoms with Crippen molar-refractivity contribution >= 4 is 29.3 Å². The maximum absolute atomic E-state index is 11.1. The zero-order valence-corrected chi connectivity index (χ0v) is 10.9. The summed E-state index contributed by atoms with van der Waals surface area (Å²) in [6, 6.07) is 8.97. The number of benzene rings is 1. The second kappa shape index (κ2) is 4.21. The predicted molar refractivity (Wildman–Crippen MR) is 79.5 cm³/mol. The highest BCUT2D eigenvalue weighted by atomic mass is 16.4. The van der Waals surface area contributed by atoms with Crippen LogP contribution in [0.5, 0.6) is 0 Å². The van der Waals surface area contributed by atoms with Gasteiger partial charge in [0.25, 0.3) is 0 Å². The average Bonchev–Trinajstić information content (AvgIpc) is 3.04. The van der Waals surface area contributed by atoms with Crippen LogP contribution in [0.2, 0.25) is 0 Å². The van der Waals surface area contributed by atoms with E-state index in [0.717, 1.165) is 22.2 Å². The van der Waals surface area contributed by atoms with E-state index in [4.69, 9.17) is 9.52 Å². The lowest BCUT2D eigenvalue weighted by molar-refractivity contribution is 0.0697. The molecule has 0 aliphatic carbocycles. The summed E-state index contributed by atoms with van der Waals surface area (Å²) in [4.78, 5) is 15.3. The molecule has 0 spiro atoms. The number of nitrogens with zero attached hydrogens (tertiary/aromatic N) is 2. The highest BCUT2D eigenvalue weighted by molar-refractivity contribution is 5.98. The van der Waals surface area contributed by atoms with Crippen molar-refractivity contribution in [3.8, 4) is 11.3 Å². The minimum Gasteiger partial charge on any atom is -0.478 e. The molecule has 102 valence electrons. The van der Waals surface area contributed by atoms with Gasteiger partial charge in [0.1, 0.15) is 0 Å². The summed E-state index contributed by atoms with van der Waals surface area (Å²) in [5.41, 5.74) is 2.95. The zero-order valence-electron chi connectivity index (χ0n) is 10.9. The lowest BCUT2D eigenvalue weighted by Crippen LogP contribution is -1.97. The van der Waals surface area contributed by atoms with Crippen molar-refractivity contribution in [3.63, 3.8) is 0 Å². The Morgan fingerprint density at radius 3 is 3.00 bits per heavy atom. The molecule has 5 nitrogen and oxygen atoms in total. The highest BCUT2D eigenvalue weighted by Crippen LogP contribution is 2.32. The van der Waals surface area contributed by atoms with Crippen LogP contribution in [-0.4, -0.2) is 21.9 Å². The minimum absolute atomic E-state index is 0.259. The van der Waals surface area contributed by atoms with E-state index < -0.39 is 5.97 Å². The summed E-state index contributed by atoms with van der Waals surface area (Å²) in [5.74, 6) is -0.258. The van der Waals surface area contributed by atoms with Gasteiger partial charge in [-0.25, -0.2) is 4.79 Å². The third kappa shape index (κ3) is 1.71. The molecule has 0 saturated carbocycles. The minimum atomic E-state index is -0.940. The van der Waals surface area contributed by atoms with Gasteiger partial charge in [0.05, 0.1) is 29.3 Å². The Hall–Kier alpha value is -3.08. The van der Waals surface area contributed by atoms with Crippen molar-refractivity contribution in [2.45, 2.75) is 0 Å². The predicted octanol–water partition coefficient (Wildman–Crippen LogP) is 3.46. The fourth-order valence-corrected chi connectivity index (χ4v) is 2.57. The number of fused-ring (bicyclic) bond motifs is 5. The number of rotatable bonds is 1. The van der Waals surface area contributed by atoms with Gasteiger partial charge in [-0.15, -0.1) is 0 Å². The lowest BCUT2D eigenvalue weighted by Gasteiger charge is -2.06. The average molecular weight is 278 g/mol. The molecule has 3 heterocycles. The number of carboxylic acid groups (broad SMARTS) is 1. The molecule has 2 aromatic heterocycles. The lowest BCUT2D eigenvalue weighted by atomic mass is 10.1. The highest BCUT2D eigenvalue weighted by Gasteiger charge is 2.16. The fraction of sp³-hybridized carbons (Fsp3) is 0. The first kappa shape index (κ1) is 11.7. The molecule has 1 aliphatic rings. The van der Waals surface area contributed by atoms with Crippen LogP contribution in [0, 0.1) is 0 Å². The standard InChI is InChI=1S/C16H10N2O3/c19-16(20)11-2-1-10-7-14-12-3-6-21-15(12)9-17-4-5-18(14)13(10)8-11/h1-9H,(H,19,20)/b5-4-,17-9?. The van der Waals surface area contributed by atoms with Gasteiger partial charge in [0, 0.05) is 23.3 Å². The number of carbonyl (C=O) groups is 1. The van der Waals surface area contributed by atoms with E-state index in [0.29, 0.717) is 5.76 Å². The number of aromatic carboxylic acids is 1. The van der Waals surface area contributed by atoms with Crippen molar-refractivity contribution in [2.75, 3.05) is 0 Å². The maximum atomic E-state index is 11.1. The van der Waals surface area contributed by atoms with Gasteiger partial charge in [-0.2, -0.15) is 0 Å². The number of furan rings is 1. The van der Waals surface area contributed by atoms with Crippen LogP contribution in [0.4, 0.5) is 0 Å². The smallest absolute Gasteiger partial charge is 0.335 e. The first-order chi connectivity index (χ1) is 10.2. The summed E-state index contributed by atoms with van der Waals surface area (Å²) in [6.45, 7) is 0. The van der Waals surface area contributed by atoms with Gasteiger partial charge < -0.3 is 14.1 Å². The summed E-state index contributed by atoms with van der Waals surface area (Å²) >= 11 is 0. The van der Waals surface area contributed by atoms with E-state index >= 15 is 0 Å². The number of aliphatic imine (C=N–C) groups is 1. The van der Waals surface area contributed by atoms with Crippen LogP contribution in [-0.2, 0) is 0 Å². The molecule has 1 aromatic carbocycles. The molecular formula is C16H10N2O3. The Morgan fingerprint density at radius 1 is 1.24 bits per heavy atom. The third-order valence-electron chi connectivity index (χ3n) is 3.55. The molecule has 0 radical (unpaired) electrons. The van der Waals surface area contributed by atoms with Gasteiger partial charge in [-0.1, -0.05) is 6.07 Å². The molecular weight excluding hydrogens is 268 g/mol. The molecule has 1 aliphatic heterocycles. The van der Waals surface area contributed by atoms with Crippen molar-refractivity contribution in [3.05, 3.63) is 54.1 Å². The first-order valence-electron chi connectivity index (χ1n) is 6.40. The van der Waals surface area contributed by atoms with Gasteiger partial charge in [-0.05, 0) is 24.3 Å². The van der Waals surface area contributed by atoms with Gasteiger partial charge in [-0.3, -0.25) is 4.99 Å². The molecule has 0 bridgehead atoms. The second-order valence-electron chi connectivity index (χ2n) is 4.75. The number of aromatic nitrogens is 1. The van der Waals surface area contributed by atoms with Gasteiger partial charge in [0.15, 0.2) is 5.76 Å². The zero-order chi connectivity index (χ0) is 14.4. The molecule has 21 heavy (non-hydrogen) atoms. The Balaban J connectivity index is 2.07. The van der Waals surface area contributed by atoms with Gasteiger partial charge >= 0.3 is 5.97 Å². The summed E-state index contributed by atoms with van der Waals surface area (Å²) in [6.07, 6.45) is 6.75. The van der Waals surface area contributed by atoms with E-state index in [9.17, 15) is 4.79 Å². The van der Waals surface area contributed by atoms with Crippen LogP contribution >= 0.6 is 0 Å².